The van der Waals surface area contributed by atoms with Crippen LogP contribution in [0.3, 0.4) is 0 Å². The second kappa shape index (κ2) is 9.86. The Bertz CT molecular complexity index is 670. The van der Waals surface area contributed by atoms with E-state index in [0.29, 0.717) is 5.56 Å². The van der Waals surface area contributed by atoms with Gasteiger partial charge in [-0.3, -0.25) is 14.9 Å². The molecule has 0 aromatic heterocycles. The van der Waals surface area contributed by atoms with Crippen molar-refractivity contribution in [1.29, 1.82) is 0 Å². The summed E-state index contributed by atoms with van der Waals surface area (Å²) in [6.45, 7) is 6.82. The van der Waals surface area contributed by atoms with E-state index in [1.807, 2.05) is 0 Å². The maximum atomic E-state index is 12.1. The zero-order valence-corrected chi connectivity index (χ0v) is 15.9. The number of esters is 1. The number of nitro groups is 1. The lowest BCUT2D eigenvalue weighted by Gasteiger charge is -2.26. The summed E-state index contributed by atoms with van der Waals surface area (Å²) in [6.07, 6.45) is -2.53. The molecule has 0 aliphatic rings. The van der Waals surface area contributed by atoms with Gasteiger partial charge in [0.1, 0.15) is 5.60 Å². The van der Waals surface area contributed by atoms with Gasteiger partial charge in [0.05, 0.1) is 30.1 Å². The minimum absolute atomic E-state index is 0.0586. The van der Waals surface area contributed by atoms with Crippen LogP contribution in [-0.4, -0.2) is 46.4 Å². The van der Waals surface area contributed by atoms with Gasteiger partial charge in [-0.05, 0) is 27.7 Å². The van der Waals surface area contributed by atoms with Crippen molar-refractivity contribution in [3.05, 3.63) is 39.9 Å². The smallest absolute Gasteiger partial charge is 0.407 e. The van der Waals surface area contributed by atoms with Gasteiger partial charge in [-0.2, -0.15) is 0 Å². The van der Waals surface area contributed by atoms with Crippen LogP contribution in [0, 0.1) is 10.1 Å². The summed E-state index contributed by atoms with van der Waals surface area (Å²) in [6, 6.07) is 5.01. The number of nitro benzene ring substituents is 1. The molecule has 1 aromatic carbocycles. The summed E-state index contributed by atoms with van der Waals surface area (Å²) < 4.78 is 9.98. The van der Waals surface area contributed by atoms with E-state index in [1.54, 1.807) is 33.8 Å². The molecule has 0 saturated carbocycles. The van der Waals surface area contributed by atoms with Crippen LogP contribution in [0.25, 0.3) is 0 Å². The van der Waals surface area contributed by atoms with E-state index in [4.69, 9.17) is 9.47 Å². The van der Waals surface area contributed by atoms with Gasteiger partial charge in [-0.25, -0.2) is 4.79 Å². The molecule has 1 amide bonds. The number of aliphatic hydroxyl groups excluding tert-OH is 1. The standard InChI is InChI=1S/C18H26N2O7/c1-5-26-16(22)11-15(21)13(19-17(23)27-18(2,3)4)10-12-8-6-7-9-14(12)20(24)25/h6-9,13,15,21H,5,10-11H2,1-4H3,(H,19,23)/t13-,15?/m0/s1. The highest BCUT2D eigenvalue weighted by atomic mass is 16.6. The number of para-hydroxylation sites is 1. The van der Waals surface area contributed by atoms with E-state index in [9.17, 15) is 24.8 Å². The Morgan fingerprint density at radius 1 is 1.30 bits per heavy atom. The fraction of sp³-hybridized carbons (Fsp3) is 0.556. The molecule has 0 aliphatic carbocycles. The van der Waals surface area contributed by atoms with Crippen molar-refractivity contribution < 1.29 is 29.1 Å². The maximum Gasteiger partial charge on any atom is 0.407 e. The average molecular weight is 382 g/mol. The van der Waals surface area contributed by atoms with Crippen LogP contribution in [-0.2, 0) is 20.7 Å². The van der Waals surface area contributed by atoms with Crippen LogP contribution in [0.4, 0.5) is 10.5 Å². The fourth-order valence-corrected chi connectivity index (χ4v) is 2.37. The highest BCUT2D eigenvalue weighted by Gasteiger charge is 2.29. The first-order chi connectivity index (χ1) is 12.5. The molecule has 1 rings (SSSR count). The molecule has 0 spiro atoms. The molecular formula is C18H26N2O7. The van der Waals surface area contributed by atoms with Crippen molar-refractivity contribution in [2.75, 3.05) is 6.61 Å². The van der Waals surface area contributed by atoms with Gasteiger partial charge in [0.25, 0.3) is 5.69 Å². The number of nitrogens with one attached hydrogen (secondary N) is 1. The molecule has 0 radical (unpaired) electrons. The molecule has 0 fully saturated rings. The van der Waals surface area contributed by atoms with Crippen LogP contribution in [0.15, 0.2) is 24.3 Å². The quantitative estimate of drug-likeness (QED) is 0.401. The number of nitrogens with zero attached hydrogens (tertiary/aromatic N) is 1. The van der Waals surface area contributed by atoms with Crippen LogP contribution < -0.4 is 5.32 Å². The zero-order valence-electron chi connectivity index (χ0n) is 15.9. The second-order valence-corrected chi connectivity index (χ2v) is 6.92. The zero-order chi connectivity index (χ0) is 20.6. The molecule has 1 aromatic rings. The summed E-state index contributed by atoms with van der Waals surface area (Å²) in [7, 11) is 0. The molecule has 150 valence electrons. The van der Waals surface area contributed by atoms with Gasteiger partial charge < -0.3 is 19.9 Å². The van der Waals surface area contributed by atoms with Crippen molar-refractivity contribution in [2.24, 2.45) is 0 Å². The third-order valence-electron chi connectivity index (χ3n) is 3.48. The molecule has 0 aliphatic heterocycles. The minimum Gasteiger partial charge on any atom is -0.466 e. The van der Waals surface area contributed by atoms with E-state index in [1.165, 1.54) is 18.2 Å². The Hall–Kier alpha value is -2.68. The number of aliphatic hydroxyl groups is 1. The van der Waals surface area contributed by atoms with Crippen LogP contribution in [0.1, 0.15) is 39.7 Å². The molecule has 2 N–H and O–H groups in total. The highest BCUT2D eigenvalue weighted by Crippen LogP contribution is 2.21. The normalized spacial score (nSPS) is 13.4. The lowest BCUT2D eigenvalue weighted by atomic mass is 9.98. The van der Waals surface area contributed by atoms with Gasteiger partial charge >= 0.3 is 12.1 Å². The molecule has 0 saturated heterocycles. The van der Waals surface area contributed by atoms with Crippen LogP contribution >= 0.6 is 0 Å². The lowest BCUT2D eigenvalue weighted by Crippen LogP contribution is -2.47. The largest absolute Gasteiger partial charge is 0.466 e. The van der Waals surface area contributed by atoms with Crippen molar-refractivity contribution >= 4 is 17.7 Å². The first-order valence-corrected chi connectivity index (χ1v) is 8.59. The minimum atomic E-state index is -1.31. The number of rotatable bonds is 8. The van der Waals surface area contributed by atoms with E-state index >= 15 is 0 Å². The maximum absolute atomic E-state index is 12.1. The number of hydrogen-bond donors (Lipinski definition) is 2. The van der Waals surface area contributed by atoms with Crippen LogP contribution in [0.2, 0.25) is 0 Å². The number of amides is 1. The first-order valence-electron chi connectivity index (χ1n) is 8.59. The van der Waals surface area contributed by atoms with Gasteiger partial charge in [0.2, 0.25) is 0 Å². The van der Waals surface area contributed by atoms with Gasteiger partial charge in [-0.15, -0.1) is 0 Å². The number of hydrogen-bond acceptors (Lipinski definition) is 7. The van der Waals surface area contributed by atoms with Crippen molar-refractivity contribution in [1.82, 2.24) is 5.32 Å². The average Bonchev–Trinajstić information content (AvgIpc) is 2.52. The third kappa shape index (κ3) is 8.04. The molecular weight excluding hydrogens is 356 g/mol. The number of alkyl carbamates (subject to hydrolysis) is 1. The summed E-state index contributed by atoms with van der Waals surface area (Å²) >= 11 is 0. The Morgan fingerprint density at radius 2 is 1.93 bits per heavy atom. The van der Waals surface area contributed by atoms with Crippen molar-refractivity contribution in [2.45, 2.75) is 58.3 Å². The predicted molar refractivity (Wildman–Crippen MR) is 97.2 cm³/mol. The van der Waals surface area contributed by atoms with E-state index < -0.39 is 34.7 Å². The van der Waals surface area contributed by atoms with E-state index in [2.05, 4.69) is 5.32 Å². The molecule has 9 nitrogen and oxygen atoms in total. The number of carbonyl (C=O) groups is 2. The van der Waals surface area contributed by atoms with Gasteiger partial charge in [0, 0.05) is 18.1 Å². The highest BCUT2D eigenvalue weighted by molar-refractivity contribution is 5.71. The lowest BCUT2D eigenvalue weighted by molar-refractivity contribution is -0.385. The van der Waals surface area contributed by atoms with E-state index in [0.717, 1.165) is 0 Å². The first kappa shape index (κ1) is 22.4. The van der Waals surface area contributed by atoms with Gasteiger partial charge in [0.15, 0.2) is 0 Å². The Labute approximate surface area is 157 Å². The number of benzene rings is 1. The monoisotopic (exact) mass is 382 g/mol. The van der Waals surface area contributed by atoms with E-state index in [-0.39, 0.29) is 25.1 Å². The summed E-state index contributed by atoms with van der Waals surface area (Å²) in [5.41, 5.74) is -0.595. The molecule has 9 heteroatoms. The topological polar surface area (TPSA) is 128 Å². The summed E-state index contributed by atoms with van der Waals surface area (Å²) in [5.74, 6) is -0.636. The van der Waals surface area contributed by atoms with Crippen LogP contribution in [0.5, 0.6) is 0 Å². The molecule has 1 unspecified atom stereocenters. The fourth-order valence-electron chi connectivity index (χ4n) is 2.37. The summed E-state index contributed by atoms with van der Waals surface area (Å²) in [5, 5.41) is 24.1. The molecule has 27 heavy (non-hydrogen) atoms. The molecule has 2 atom stereocenters. The van der Waals surface area contributed by atoms with Gasteiger partial charge in [-0.1, -0.05) is 18.2 Å². The Kier molecular flexibility index (Phi) is 8.17. The Balaban J connectivity index is 3.01. The molecule has 0 heterocycles. The van der Waals surface area contributed by atoms with Crippen molar-refractivity contribution in [3.63, 3.8) is 0 Å². The molecule has 0 bridgehead atoms. The van der Waals surface area contributed by atoms with Crippen molar-refractivity contribution in [3.8, 4) is 0 Å². The second-order valence-electron chi connectivity index (χ2n) is 6.92. The SMILES string of the molecule is CCOC(=O)CC(O)[C@H](Cc1ccccc1[N+](=O)[O-])NC(=O)OC(C)(C)C. The predicted octanol–water partition coefficient (Wildman–Crippen LogP) is 2.34. The Morgan fingerprint density at radius 3 is 2.48 bits per heavy atom. The number of ether oxygens (including phenoxy) is 2. The number of carbonyl (C=O) groups excluding carboxylic acids is 2. The third-order valence-corrected chi connectivity index (χ3v) is 3.48. The summed E-state index contributed by atoms with van der Waals surface area (Å²) in [4.78, 5) is 34.4.